The molecule has 0 aromatic heterocycles. The molecule has 1 aliphatic rings. The Morgan fingerprint density at radius 2 is 0.933 bits per heavy atom. The predicted octanol–water partition coefficient (Wildman–Crippen LogP) is 10.8. The maximum atomic E-state index is 12.8. The van der Waals surface area contributed by atoms with Crippen molar-refractivity contribution in [2.75, 3.05) is 13.2 Å². The third-order valence-corrected chi connectivity index (χ3v) is 11.0. The summed E-state index contributed by atoms with van der Waals surface area (Å²) in [7, 11) is 0. The maximum absolute atomic E-state index is 12.8. The Bertz CT molecular complexity index is 1140. The van der Waals surface area contributed by atoms with Crippen LogP contribution in [-0.4, -0.2) is 88.4 Å². The van der Waals surface area contributed by atoms with Crippen LogP contribution in [0.2, 0.25) is 0 Å². The molecule has 4 N–H and O–H groups in total. The van der Waals surface area contributed by atoms with Crippen molar-refractivity contribution in [3.63, 3.8) is 0 Å². The summed E-state index contributed by atoms with van der Waals surface area (Å²) in [6.45, 7) is 3.79. The zero-order chi connectivity index (χ0) is 43.9. The van der Waals surface area contributed by atoms with Crippen LogP contribution >= 0.6 is 0 Å². The monoisotopic (exact) mass is 851 g/mol. The van der Waals surface area contributed by atoms with Crippen molar-refractivity contribution in [3.05, 3.63) is 36.5 Å². The van der Waals surface area contributed by atoms with Gasteiger partial charge in [0.1, 0.15) is 24.9 Å². The summed E-state index contributed by atoms with van der Waals surface area (Å²) in [4.78, 5) is 36.9. The molecule has 0 aliphatic carbocycles. The Hall–Kier alpha value is -2.57. The van der Waals surface area contributed by atoms with Gasteiger partial charge in [-0.2, -0.15) is 0 Å². The molecule has 11 nitrogen and oxygen atoms in total. The molecule has 1 saturated heterocycles. The van der Waals surface area contributed by atoms with E-state index in [-0.39, 0.29) is 19.4 Å². The molecule has 0 radical (unpaired) electrons. The van der Waals surface area contributed by atoms with Crippen LogP contribution in [-0.2, 0) is 33.3 Å². The average Bonchev–Trinajstić information content (AvgIpc) is 3.23. The minimum atomic E-state index is -1.86. The molecule has 6 unspecified atom stereocenters. The molecule has 348 valence electrons. The summed E-state index contributed by atoms with van der Waals surface area (Å²) in [5, 5.41) is 39.9. The highest BCUT2D eigenvalue weighted by molar-refractivity contribution is 5.73. The molecule has 0 aromatic carbocycles. The number of hydrogen-bond acceptors (Lipinski definition) is 10. The lowest BCUT2D eigenvalue weighted by molar-refractivity contribution is -0.298. The van der Waals surface area contributed by atoms with Gasteiger partial charge in [-0.25, -0.2) is 4.79 Å². The van der Waals surface area contributed by atoms with E-state index in [0.29, 0.717) is 12.8 Å². The van der Waals surface area contributed by atoms with Crippen molar-refractivity contribution in [3.8, 4) is 0 Å². The zero-order valence-electron chi connectivity index (χ0n) is 37.7. The largest absolute Gasteiger partial charge is 0.479 e. The highest BCUT2D eigenvalue weighted by Crippen LogP contribution is 2.23. The molecule has 0 saturated carbocycles. The van der Waals surface area contributed by atoms with Crippen LogP contribution in [0.15, 0.2) is 36.5 Å². The lowest BCUT2D eigenvalue weighted by atomic mass is 9.99. The summed E-state index contributed by atoms with van der Waals surface area (Å²) in [5.74, 6) is -2.45. The Kier molecular flexibility index (Phi) is 36.3. The molecule has 1 fully saturated rings. The quantitative estimate of drug-likeness (QED) is 0.0263. The average molecular weight is 851 g/mol. The van der Waals surface area contributed by atoms with Gasteiger partial charge in [0.05, 0.1) is 6.61 Å². The lowest BCUT2D eigenvalue weighted by Crippen LogP contribution is -2.60. The molecular formula is C49H86O11. The number of aliphatic hydroxyl groups excluding tert-OH is 3. The van der Waals surface area contributed by atoms with Crippen LogP contribution in [0.3, 0.4) is 0 Å². The first kappa shape index (κ1) is 55.4. The van der Waals surface area contributed by atoms with Crippen LogP contribution in [0.4, 0.5) is 0 Å². The van der Waals surface area contributed by atoms with Crippen molar-refractivity contribution in [1.29, 1.82) is 0 Å². The first-order chi connectivity index (χ1) is 29.2. The topological polar surface area (TPSA) is 169 Å². The number of unbranched alkanes of at least 4 members (excludes halogenated alkanes) is 23. The van der Waals surface area contributed by atoms with Crippen LogP contribution in [0, 0.1) is 0 Å². The van der Waals surface area contributed by atoms with E-state index < -0.39 is 61.3 Å². The van der Waals surface area contributed by atoms with Gasteiger partial charge in [-0.3, -0.25) is 9.59 Å². The van der Waals surface area contributed by atoms with Gasteiger partial charge < -0.3 is 39.4 Å². The number of aliphatic hydroxyl groups is 3. The van der Waals surface area contributed by atoms with E-state index in [9.17, 15) is 34.8 Å². The molecule has 60 heavy (non-hydrogen) atoms. The standard InChI is InChI=1S/C49H86O11/c1-3-5-7-9-11-13-15-17-19-21-23-25-27-29-31-33-35-37-42(50)57-39-41(40-58-49-46(54)44(52)45(53)47(60-49)48(55)56)59-43(51)38-36-34-32-30-28-26-24-22-20-18-16-14-12-10-8-6-4-2/h11,13,17-20,41,44-47,49,52-54H,3-10,12,14-16,21-40H2,1-2H3,(H,55,56)/b13-11-,19-17-,20-18-. The van der Waals surface area contributed by atoms with E-state index in [1.54, 1.807) is 0 Å². The van der Waals surface area contributed by atoms with Gasteiger partial charge in [-0.05, 0) is 70.6 Å². The third-order valence-electron chi connectivity index (χ3n) is 11.0. The Labute approximate surface area is 363 Å². The minimum absolute atomic E-state index is 0.177. The van der Waals surface area contributed by atoms with Gasteiger partial charge in [0.15, 0.2) is 18.5 Å². The summed E-state index contributed by atoms with van der Waals surface area (Å²) >= 11 is 0. The van der Waals surface area contributed by atoms with Crippen LogP contribution in [0.1, 0.15) is 206 Å². The molecule has 11 heteroatoms. The van der Waals surface area contributed by atoms with Gasteiger partial charge in [-0.15, -0.1) is 0 Å². The summed E-state index contributed by atoms with van der Waals surface area (Å²) in [6, 6.07) is 0. The first-order valence-corrected chi connectivity index (χ1v) is 24.0. The minimum Gasteiger partial charge on any atom is -0.479 e. The zero-order valence-corrected chi connectivity index (χ0v) is 37.7. The smallest absolute Gasteiger partial charge is 0.335 e. The fraction of sp³-hybridized carbons (Fsp3) is 0.816. The summed E-state index contributed by atoms with van der Waals surface area (Å²) in [6.07, 6.45) is 36.1. The number of hydrogen-bond donors (Lipinski definition) is 4. The highest BCUT2D eigenvalue weighted by atomic mass is 16.7. The molecule has 1 heterocycles. The molecule has 1 aliphatic heterocycles. The summed E-state index contributed by atoms with van der Waals surface area (Å²) < 4.78 is 21.8. The molecular weight excluding hydrogens is 765 g/mol. The van der Waals surface area contributed by atoms with Gasteiger partial charge in [0, 0.05) is 12.8 Å². The van der Waals surface area contributed by atoms with Gasteiger partial charge in [0.2, 0.25) is 0 Å². The van der Waals surface area contributed by atoms with Crippen molar-refractivity contribution in [1.82, 2.24) is 0 Å². The number of carbonyl (C=O) groups is 3. The number of ether oxygens (including phenoxy) is 4. The van der Waals surface area contributed by atoms with E-state index in [2.05, 4.69) is 50.3 Å². The van der Waals surface area contributed by atoms with Crippen molar-refractivity contribution in [2.24, 2.45) is 0 Å². The molecule has 0 amide bonds. The first-order valence-electron chi connectivity index (χ1n) is 24.0. The summed E-state index contributed by atoms with van der Waals surface area (Å²) in [5.41, 5.74) is 0. The second-order valence-electron chi connectivity index (χ2n) is 16.6. The van der Waals surface area contributed by atoms with Crippen LogP contribution < -0.4 is 0 Å². The number of rotatable bonds is 40. The normalized spacial score (nSPS) is 20.1. The Balaban J connectivity index is 2.35. The second-order valence-corrected chi connectivity index (χ2v) is 16.6. The van der Waals surface area contributed by atoms with Gasteiger partial charge in [-0.1, -0.05) is 159 Å². The molecule has 6 atom stereocenters. The second kappa shape index (κ2) is 39.3. The number of aliphatic carboxylic acids is 1. The molecule has 1 rings (SSSR count). The van der Waals surface area contributed by atoms with Crippen molar-refractivity contribution >= 4 is 17.9 Å². The number of carboxylic acids is 1. The molecule has 0 bridgehead atoms. The maximum Gasteiger partial charge on any atom is 0.335 e. The van der Waals surface area contributed by atoms with E-state index >= 15 is 0 Å². The van der Waals surface area contributed by atoms with E-state index in [4.69, 9.17) is 18.9 Å². The van der Waals surface area contributed by atoms with Gasteiger partial charge >= 0.3 is 17.9 Å². The van der Waals surface area contributed by atoms with E-state index in [0.717, 1.165) is 57.8 Å². The highest BCUT2D eigenvalue weighted by Gasteiger charge is 2.47. The fourth-order valence-corrected chi connectivity index (χ4v) is 7.14. The number of esters is 2. The third kappa shape index (κ3) is 30.5. The lowest BCUT2D eigenvalue weighted by Gasteiger charge is -2.38. The SMILES string of the molecule is CCCCC/C=C\C/C=C\CCCCCCCCCC(=O)OCC(COC1OC(C(=O)O)C(O)C(O)C1O)OC(=O)CCCCCCCCC/C=C\CCCCCCCC. The Morgan fingerprint density at radius 3 is 1.43 bits per heavy atom. The number of allylic oxidation sites excluding steroid dienone is 6. The van der Waals surface area contributed by atoms with E-state index in [1.807, 2.05) is 0 Å². The van der Waals surface area contributed by atoms with Crippen molar-refractivity contribution in [2.45, 2.75) is 243 Å². The molecule has 0 spiro atoms. The van der Waals surface area contributed by atoms with Crippen LogP contribution in [0.25, 0.3) is 0 Å². The number of carbonyl (C=O) groups excluding carboxylic acids is 2. The van der Waals surface area contributed by atoms with Crippen molar-refractivity contribution < 1.29 is 53.8 Å². The predicted molar refractivity (Wildman–Crippen MR) is 238 cm³/mol. The van der Waals surface area contributed by atoms with E-state index in [1.165, 1.54) is 109 Å². The number of carboxylic acid groups (broad SMARTS) is 1. The van der Waals surface area contributed by atoms with Crippen LogP contribution in [0.5, 0.6) is 0 Å². The fourth-order valence-electron chi connectivity index (χ4n) is 7.14. The Morgan fingerprint density at radius 1 is 0.517 bits per heavy atom. The van der Waals surface area contributed by atoms with Gasteiger partial charge in [0.25, 0.3) is 0 Å². The molecule has 0 aromatic rings.